The summed E-state index contributed by atoms with van der Waals surface area (Å²) in [4.78, 5) is 6.73. The van der Waals surface area contributed by atoms with Gasteiger partial charge in [0, 0.05) is 43.7 Å². The fourth-order valence-corrected chi connectivity index (χ4v) is 15.3. The van der Waals surface area contributed by atoms with Gasteiger partial charge in [0.2, 0.25) is 0 Å². The van der Waals surface area contributed by atoms with Crippen molar-refractivity contribution in [1.82, 2.24) is 0 Å². The topological polar surface area (TPSA) is 6.48 Å². The minimum atomic E-state index is -0.500. The summed E-state index contributed by atoms with van der Waals surface area (Å²) < 4.78 is 1.41. The summed E-state index contributed by atoms with van der Waals surface area (Å²) in [5.41, 5.74) is 30.7. The number of benzene rings is 9. The Balaban J connectivity index is 1.11. The maximum absolute atomic E-state index is 2.69. The van der Waals surface area contributed by atoms with E-state index in [9.17, 15) is 0 Å². The maximum Gasteiger partial charge on any atom is 0.264 e. The van der Waals surface area contributed by atoms with E-state index in [1.807, 2.05) is 0 Å². The first kappa shape index (κ1) is 47.8. The van der Waals surface area contributed by atoms with E-state index in [-0.39, 0.29) is 12.1 Å². The van der Waals surface area contributed by atoms with E-state index in [4.69, 9.17) is 0 Å². The first-order valence-electron chi connectivity index (χ1n) is 28.0. The predicted octanol–water partition coefficient (Wildman–Crippen LogP) is 18.5. The second-order valence-electron chi connectivity index (χ2n) is 24.3. The summed E-state index contributed by atoms with van der Waals surface area (Å²) in [6.45, 7) is 23.2. The minimum absolute atomic E-state index is 0.0375. The van der Waals surface area contributed by atoms with Gasteiger partial charge in [0.15, 0.2) is 0 Å². The zero-order valence-electron chi connectivity index (χ0n) is 46.1. The molecule has 3 heterocycles. The highest BCUT2D eigenvalue weighted by atomic mass is 32.1. The van der Waals surface area contributed by atoms with Gasteiger partial charge in [-0.2, -0.15) is 0 Å². The van der Waals surface area contributed by atoms with Crippen molar-refractivity contribution in [2.45, 2.75) is 97.8 Å². The van der Waals surface area contributed by atoms with Crippen LogP contribution < -0.4 is 25.5 Å². The predicted molar refractivity (Wildman–Crippen MR) is 331 cm³/mol. The van der Waals surface area contributed by atoms with Gasteiger partial charge < -0.3 is 9.80 Å². The Labute approximate surface area is 460 Å². The molecule has 10 aromatic rings. The van der Waals surface area contributed by atoms with Crippen molar-refractivity contribution in [2.24, 2.45) is 0 Å². The summed E-state index contributed by atoms with van der Waals surface area (Å²) in [6.07, 6.45) is 0. The van der Waals surface area contributed by atoms with Crippen molar-refractivity contribution in [3.63, 3.8) is 0 Å². The molecule has 1 aromatic heterocycles. The quantitative estimate of drug-likeness (QED) is 0.147. The lowest BCUT2D eigenvalue weighted by Gasteiger charge is -2.44. The van der Waals surface area contributed by atoms with Gasteiger partial charge in [-0.3, -0.25) is 0 Å². The number of anilines is 6. The Bertz CT molecular complexity index is 3970. The van der Waals surface area contributed by atoms with E-state index in [0.717, 1.165) is 0 Å². The fourth-order valence-electron chi connectivity index (χ4n) is 13.6. The molecule has 2 aliphatic heterocycles. The van der Waals surface area contributed by atoms with E-state index < -0.39 is 5.41 Å². The second kappa shape index (κ2) is 17.4. The highest BCUT2D eigenvalue weighted by Crippen LogP contribution is 2.67. The van der Waals surface area contributed by atoms with Crippen LogP contribution in [0, 0.1) is 6.92 Å². The normalized spacial score (nSPS) is 14.2. The molecule has 0 unspecified atom stereocenters. The number of hydrogen-bond acceptors (Lipinski definition) is 3. The number of thiophene rings is 1. The molecule has 0 amide bonds. The number of fused-ring (bicyclic) bond motifs is 15. The molecule has 14 rings (SSSR count). The lowest BCUT2D eigenvalue weighted by molar-refractivity contribution is 0.588. The highest BCUT2D eigenvalue weighted by molar-refractivity contribution is 7.30. The third-order valence-electron chi connectivity index (χ3n) is 17.6. The van der Waals surface area contributed by atoms with Crippen LogP contribution in [0.4, 0.5) is 34.1 Å². The van der Waals surface area contributed by atoms with Gasteiger partial charge in [-0.05, 0) is 167 Å². The van der Waals surface area contributed by atoms with Gasteiger partial charge >= 0.3 is 0 Å². The van der Waals surface area contributed by atoms with Crippen LogP contribution in [0.25, 0.3) is 44.5 Å². The third kappa shape index (κ3) is 7.00. The molecular formula is C73H65BN2S. The Kier molecular flexibility index (Phi) is 10.8. The Morgan fingerprint density at radius 2 is 1.01 bits per heavy atom. The van der Waals surface area contributed by atoms with Crippen molar-refractivity contribution in [1.29, 1.82) is 0 Å². The number of nitrogens with zero attached hydrogens (tertiary/aromatic N) is 2. The molecule has 1 spiro atoms. The fraction of sp³-hybridized carbons (Fsp3) is 0.205. The first-order valence-corrected chi connectivity index (χ1v) is 28.8. The van der Waals surface area contributed by atoms with Crippen LogP contribution in [0.2, 0.25) is 0 Å². The van der Waals surface area contributed by atoms with Gasteiger partial charge in [0.25, 0.3) is 6.71 Å². The smallest absolute Gasteiger partial charge is 0.264 e. The van der Waals surface area contributed by atoms with Crippen LogP contribution >= 0.6 is 11.3 Å². The molecule has 0 saturated carbocycles. The van der Waals surface area contributed by atoms with Crippen LogP contribution in [0.15, 0.2) is 194 Å². The average molecular weight is 1010 g/mol. The van der Waals surface area contributed by atoms with Crippen molar-refractivity contribution in [3.8, 4) is 44.5 Å². The molecule has 376 valence electrons. The van der Waals surface area contributed by atoms with E-state index in [1.54, 1.807) is 0 Å². The molecule has 0 fully saturated rings. The Morgan fingerprint density at radius 1 is 0.455 bits per heavy atom. The largest absolute Gasteiger partial charge is 0.311 e. The van der Waals surface area contributed by atoms with Gasteiger partial charge in [-0.25, -0.2) is 0 Å². The van der Waals surface area contributed by atoms with E-state index in [0.29, 0.717) is 17.8 Å². The van der Waals surface area contributed by atoms with Crippen molar-refractivity contribution >= 4 is 67.9 Å². The molecule has 2 nitrogen and oxygen atoms in total. The molecular weight excluding hydrogens is 948 g/mol. The van der Waals surface area contributed by atoms with Crippen LogP contribution in [-0.2, 0) is 10.8 Å². The summed E-state index contributed by atoms with van der Waals surface area (Å²) in [5.74, 6) is 1.23. The zero-order chi connectivity index (χ0) is 52.8. The lowest BCUT2D eigenvalue weighted by Crippen LogP contribution is -2.60. The zero-order valence-corrected chi connectivity index (χ0v) is 46.9. The van der Waals surface area contributed by atoms with E-state index in [2.05, 4.69) is 284 Å². The molecule has 0 saturated heterocycles. The number of hydrogen-bond donors (Lipinski definition) is 0. The molecule has 0 bridgehead atoms. The van der Waals surface area contributed by atoms with E-state index in [1.165, 1.54) is 144 Å². The average Bonchev–Trinajstić information content (AvgIpc) is 4.29. The van der Waals surface area contributed by atoms with Gasteiger partial charge in [-0.15, -0.1) is 11.3 Å². The number of aryl methyl sites for hydroxylation is 1. The first-order chi connectivity index (χ1) is 37.2. The van der Waals surface area contributed by atoms with Crippen molar-refractivity contribution in [2.75, 3.05) is 9.80 Å². The van der Waals surface area contributed by atoms with Crippen LogP contribution in [0.5, 0.6) is 0 Å². The summed E-state index contributed by atoms with van der Waals surface area (Å²) >= 11 is 2.08. The maximum atomic E-state index is 2.69. The Hall–Kier alpha value is -7.66. The highest BCUT2D eigenvalue weighted by Gasteiger charge is 2.57. The number of rotatable bonds is 7. The molecule has 0 radical (unpaired) electrons. The molecule has 0 N–H and O–H groups in total. The summed E-state index contributed by atoms with van der Waals surface area (Å²) in [7, 11) is 0. The standard InChI is InChI=1S/C73H65BN2S/c1-43(2)47-24-31-53(32-25-47)75-64-41-51(59-40-50(45(5)6)28-35-55(59)49-18-12-11-13-19-49)29-37-63(64)74-68-65(75)38-46(7)39-66(68)76(54-33-26-48(27-34-54)44(3)4)69-67-58-36-30-52(72(8,9)10)42-62(58)73(70(67)77-71(69)74)60-22-16-14-20-56(60)57-21-15-17-23-61(57)73/h11-45H,1-10H3. The molecule has 4 heteroatoms. The minimum Gasteiger partial charge on any atom is -0.311 e. The second-order valence-corrected chi connectivity index (χ2v) is 25.3. The molecule has 77 heavy (non-hydrogen) atoms. The van der Waals surface area contributed by atoms with Crippen molar-refractivity contribution in [3.05, 3.63) is 244 Å². The molecule has 0 atom stereocenters. The van der Waals surface area contributed by atoms with Crippen molar-refractivity contribution < 1.29 is 0 Å². The van der Waals surface area contributed by atoms with Crippen LogP contribution in [0.3, 0.4) is 0 Å². The SMILES string of the molecule is Cc1cc2c3c(c1)N(c1ccc(C(C)C)cc1)c1c(sc4c1-c1ccc(C(C)(C)C)cc1C41c4ccccc4-c4ccccc41)B3c1ccc(-c3cc(C(C)C)ccc3-c3ccccc3)cc1N2c1ccc(C(C)C)cc1. The van der Waals surface area contributed by atoms with Gasteiger partial charge in [-0.1, -0.05) is 214 Å². The summed E-state index contributed by atoms with van der Waals surface area (Å²) in [5, 5.41) is 0. The van der Waals surface area contributed by atoms with Gasteiger partial charge in [0.1, 0.15) is 0 Å². The van der Waals surface area contributed by atoms with Gasteiger partial charge in [0.05, 0.1) is 11.1 Å². The molecule has 2 aliphatic carbocycles. The van der Waals surface area contributed by atoms with Crippen LogP contribution in [-0.4, -0.2) is 6.71 Å². The molecule has 9 aromatic carbocycles. The lowest BCUT2D eigenvalue weighted by atomic mass is 9.36. The third-order valence-corrected chi connectivity index (χ3v) is 19.0. The monoisotopic (exact) mass is 1010 g/mol. The molecule has 4 aliphatic rings. The van der Waals surface area contributed by atoms with Crippen LogP contribution in [0.1, 0.15) is 129 Å². The van der Waals surface area contributed by atoms with E-state index >= 15 is 0 Å². The summed E-state index contributed by atoms with van der Waals surface area (Å²) in [6, 6.07) is 75.7. The Morgan fingerprint density at radius 3 is 1.62 bits per heavy atom.